The molecule has 0 aliphatic heterocycles. The molecule has 4 rings (SSSR count). The predicted octanol–water partition coefficient (Wildman–Crippen LogP) is 4.44. The van der Waals surface area contributed by atoms with E-state index >= 15 is 0 Å². The van der Waals surface area contributed by atoms with E-state index in [-0.39, 0.29) is 5.56 Å². The highest BCUT2D eigenvalue weighted by Gasteiger charge is 2.50. The zero-order chi connectivity index (χ0) is 13.5. The second-order valence-electron chi connectivity index (χ2n) is 7.41. The molecule has 0 radical (unpaired) electrons. The summed E-state index contributed by atoms with van der Waals surface area (Å²) in [6.45, 7) is 4.64. The standard InChI is InChI=1S/C17H25ClO/c1-12(2)16(18)19-5-3-4-17-9-13-6-14(10-17)8-15(7-13)11-17/h12-16H,5-11H2,1-2H3. The minimum absolute atomic E-state index is 0.203. The SMILES string of the molecule is CC(C)C(Cl)OCC#CC12CC3CC(CC(C3)C1)C2. The summed E-state index contributed by atoms with van der Waals surface area (Å²) < 4.78 is 5.56. The Morgan fingerprint density at radius 2 is 1.63 bits per heavy atom. The molecule has 0 aromatic heterocycles. The minimum atomic E-state index is -0.203. The molecule has 1 nitrogen and oxygen atoms in total. The molecule has 0 heterocycles. The van der Waals surface area contributed by atoms with E-state index in [9.17, 15) is 0 Å². The summed E-state index contributed by atoms with van der Waals surface area (Å²) in [6.07, 6.45) is 8.49. The lowest BCUT2D eigenvalue weighted by Crippen LogP contribution is -2.45. The normalized spacial score (nSPS) is 41.2. The van der Waals surface area contributed by atoms with Crippen LogP contribution in [0.4, 0.5) is 0 Å². The second-order valence-corrected chi connectivity index (χ2v) is 7.84. The van der Waals surface area contributed by atoms with Crippen molar-refractivity contribution in [2.75, 3.05) is 6.61 Å². The summed E-state index contributed by atoms with van der Waals surface area (Å²) >= 11 is 6.08. The van der Waals surface area contributed by atoms with Crippen molar-refractivity contribution in [2.24, 2.45) is 29.1 Å². The van der Waals surface area contributed by atoms with Crippen LogP contribution in [0.3, 0.4) is 0 Å². The van der Waals surface area contributed by atoms with Gasteiger partial charge in [0.15, 0.2) is 0 Å². The highest BCUT2D eigenvalue weighted by atomic mass is 35.5. The first-order valence-electron chi connectivity index (χ1n) is 7.82. The molecule has 0 aromatic carbocycles. The van der Waals surface area contributed by atoms with Crippen molar-refractivity contribution < 1.29 is 4.74 Å². The Kier molecular flexibility index (Phi) is 3.84. The number of hydrogen-bond acceptors (Lipinski definition) is 1. The van der Waals surface area contributed by atoms with Crippen LogP contribution in [-0.4, -0.2) is 12.2 Å². The van der Waals surface area contributed by atoms with Gasteiger partial charge in [-0.15, -0.1) is 0 Å². The fourth-order valence-electron chi connectivity index (χ4n) is 4.80. The summed E-state index contributed by atoms with van der Waals surface area (Å²) in [5.41, 5.74) is 0.142. The number of rotatable bonds is 3. The van der Waals surface area contributed by atoms with Crippen molar-refractivity contribution in [3.8, 4) is 11.8 Å². The number of ether oxygens (including phenoxy) is 1. The lowest BCUT2D eigenvalue weighted by molar-refractivity contribution is -0.0183. The highest BCUT2D eigenvalue weighted by molar-refractivity contribution is 6.19. The molecule has 4 bridgehead atoms. The topological polar surface area (TPSA) is 9.23 Å². The van der Waals surface area contributed by atoms with Crippen molar-refractivity contribution in [3.05, 3.63) is 0 Å². The van der Waals surface area contributed by atoms with E-state index in [1.54, 1.807) is 0 Å². The van der Waals surface area contributed by atoms with Gasteiger partial charge in [0.05, 0.1) is 0 Å². The van der Waals surface area contributed by atoms with E-state index in [0.717, 1.165) is 17.8 Å². The maximum Gasteiger partial charge on any atom is 0.134 e. The van der Waals surface area contributed by atoms with Crippen LogP contribution in [0, 0.1) is 40.9 Å². The van der Waals surface area contributed by atoms with Crippen LogP contribution < -0.4 is 0 Å². The number of hydrogen-bond donors (Lipinski definition) is 0. The molecule has 0 spiro atoms. The van der Waals surface area contributed by atoms with Crippen molar-refractivity contribution >= 4 is 11.6 Å². The lowest BCUT2D eigenvalue weighted by atomic mass is 9.50. The van der Waals surface area contributed by atoms with E-state index in [0.29, 0.717) is 17.9 Å². The van der Waals surface area contributed by atoms with E-state index in [1.807, 2.05) is 0 Å². The first-order chi connectivity index (χ1) is 9.06. The molecule has 4 aliphatic carbocycles. The summed E-state index contributed by atoms with van der Waals surface area (Å²) in [5.74, 6) is 10.1. The average molecular weight is 281 g/mol. The summed E-state index contributed by atoms with van der Waals surface area (Å²) in [6, 6.07) is 0. The van der Waals surface area contributed by atoms with Crippen LogP contribution in [0.2, 0.25) is 0 Å². The van der Waals surface area contributed by atoms with Crippen molar-refractivity contribution in [1.29, 1.82) is 0 Å². The van der Waals surface area contributed by atoms with Crippen LogP contribution in [0.5, 0.6) is 0 Å². The Labute approximate surface area is 122 Å². The smallest absolute Gasteiger partial charge is 0.134 e. The predicted molar refractivity (Wildman–Crippen MR) is 78.8 cm³/mol. The van der Waals surface area contributed by atoms with Crippen LogP contribution in [0.15, 0.2) is 0 Å². The van der Waals surface area contributed by atoms with Crippen LogP contribution in [0.1, 0.15) is 52.4 Å². The van der Waals surface area contributed by atoms with Gasteiger partial charge in [0, 0.05) is 5.41 Å². The molecule has 4 aliphatic rings. The minimum Gasteiger partial charge on any atom is -0.350 e. The molecule has 2 heteroatoms. The third-order valence-electron chi connectivity index (χ3n) is 5.23. The molecule has 0 amide bonds. The molecule has 1 atom stereocenters. The summed E-state index contributed by atoms with van der Waals surface area (Å²) in [4.78, 5) is 0. The molecule has 1 unspecified atom stereocenters. The monoisotopic (exact) mass is 280 g/mol. The summed E-state index contributed by atoms with van der Waals surface area (Å²) in [7, 11) is 0. The van der Waals surface area contributed by atoms with Crippen molar-refractivity contribution in [1.82, 2.24) is 0 Å². The molecule has 0 saturated heterocycles. The van der Waals surface area contributed by atoms with Crippen molar-refractivity contribution in [2.45, 2.75) is 57.9 Å². The molecular weight excluding hydrogens is 256 g/mol. The van der Waals surface area contributed by atoms with E-state index in [4.69, 9.17) is 16.3 Å². The first-order valence-corrected chi connectivity index (χ1v) is 8.26. The van der Waals surface area contributed by atoms with Crippen molar-refractivity contribution in [3.63, 3.8) is 0 Å². The van der Waals surface area contributed by atoms with E-state index in [2.05, 4.69) is 25.7 Å². The maximum atomic E-state index is 6.08. The van der Waals surface area contributed by atoms with Gasteiger partial charge < -0.3 is 4.74 Å². The van der Waals surface area contributed by atoms with E-state index < -0.39 is 0 Å². The van der Waals surface area contributed by atoms with Gasteiger partial charge in [-0.2, -0.15) is 0 Å². The third-order valence-corrected chi connectivity index (χ3v) is 5.86. The van der Waals surface area contributed by atoms with Gasteiger partial charge >= 0.3 is 0 Å². The molecule has 4 saturated carbocycles. The third kappa shape index (κ3) is 2.96. The molecule has 0 aromatic rings. The molecular formula is C17H25ClO. The van der Waals surface area contributed by atoms with E-state index in [1.165, 1.54) is 38.5 Å². The Morgan fingerprint density at radius 3 is 2.11 bits per heavy atom. The highest BCUT2D eigenvalue weighted by Crippen LogP contribution is 2.59. The Hall–Kier alpha value is -0.190. The molecule has 106 valence electrons. The van der Waals surface area contributed by atoms with Gasteiger partial charge in [-0.25, -0.2) is 0 Å². The number of alkyl halides is 1. The molecule has 19 heavy (non-hydrogen) atoms. The lowest BCUT2D eigenvalue weighted by Gasteiger charge is -2.54. The van der Waals surface area contributed by atoms with Gasteiger partial charge in [-0.05, 0) is 62.2 Å². The Bertz CT molecular complexity index is 355. The largest absolute Gasteiger partial charge is 0.350 e. The average Bonchev–Trinajstić information content (AvgIpc) is 2.32. The van der Waals surface area contributed by atoms with Gasteiger partial charge in [-0.1, -0.05) is 37.3 Å². The molecule has 0 N–H and O–H groups in total. The maximum absolute atomic E-state index is 6.08. The van der Waals surface area contributed by atoms with Crippen LogP contribution >= 0.6 is 11.6 Å². The quantitative estimate of drug-likeness (QED) is 0.548. The fourth-order valence-corrected chi connectivity index (χ4v) is 4.86. The zero-order valence-corrected chi connectivity index (χ0v) is 12.9. The summed E-state index contributed by atoms with van der Waals surface area (Å²) in [5, 5.41) is 0. The van der Waals surface area contributed by atoms with Crippen LogP contribution in [-0.2, 0) is 4.74 Å². The Balaban J connectivity index is 1.58. The second kappa shape index (κ2) is 5.30. The fraction of sp³-hybridized carbons (Fsp3) is 0.882. The van der Waals surface area contributed by atoms with Gasteiger partial charge in [0.1, 0.15) is 12.2 Å². The Morgan fingerprint density at radius 1 is 1.11 bits per heavy atom. The zero-order valence-electron chi connectivity index (χ0n) is 12.1. The number of halogens is 1. The first kappa shape index (κ1) is 13.8. The van der Waals surface area contributed by atoms with Gasteiger partial charge in [0.2, 0.25) is 0 Å². The van der Waals surface area contributed by atoms with Gasteiger partial charge in [0.25, 0.3) is 0 Å². The van der Waals surface area contributed by atoms with Crippen LogP contribution in [0.25, 0.3) is 0 Å². The van der Waals surface area contributed by atoms with Gasteiger partial charge in [-0.3, -0.25) is 0 Å². The molecule has 4 fully saturated rings.